The van der Waals surface area contributed by atoms with Gasteiger partial charge in [0.2, 0.25) is 5.91 Å². The van der Waals surface area contributed by atoms with Crippen LogP contribution in [0.2, 0.25) is 0 Å². The maximum absolute atomic E-state index is 11.6. The van der Waals surface area contributed by atoms with Gasteiger partial charge < -0.3 is 32.1 Å². The fourth-order valence-electron chi connectivity index (χ4n) is 1.16. The van der Waals surface area contributed by atoms with Gasteiger partial charge in [-0.1, -0.05) is 21.6 Å². The fraction of sp³-hybridized carbons (Fsp3) is 0.636. The van der Waals surface area contributed by atoms with Crippen LogP contribution in [0, 0.1) is 0 Å². The third kappa shape index (κ3) is 9.99. The molecule has 23 heavy (non-hydrogen) atoms. The maximum atomic E-state index is 11.6. The van der Waals surface area contributed by atoms with Crippen molar-refractivity contribution < 1.29 is 34.5 Å². The molecule has 0 aromatic carbocycles. The number of carboxylic acid groups (broad SMARTS) is 3. The van der Waals surface area contributed by atoms with Crippen LogP contribution in [0.1, 0.15) is 12.8 Å². The van der Waals surface area contributed by atoms with E-state index in [9.17, 15) is 19.2 Å². The van der Waals surface area contributed by atoms with E-state index in [1.807, 2.05) is 0 Å². The normalized spacial score (nSPS) is 14.5. The van der Waals surface area contributed by atoms with Crippen molar-refractivity contribution in [3.05, 3.63) is 0 Å². The van der Waals surface area contributed by atoms with Crippen LogP contribution in [0.4, 0.5) is 0 Å². The van der Waals surface area contributed by atoms with Crippen molar-refractivity contribution in [1.82, 2.24) is 5.32 Å². The molecule has 8 N–H and O–H groups in total. The molecule has 0 radical (unpaired) electrons. The molecule has 0 aliphatic carbocycles. The van der Waals surface area contributed by atoms with Gasteiger partial charge in [-0.25, -0.2) is 4.79 Å². The SMILES string of the molecule is NC(CCC(=O)NC(CSSCC(N)C(=O)O)C(=O)O)C(=O)O. The van der Waals surface area contributed by atoms with Crippen LogP contribution in [0.3, 0.4) is 0 Å². The Bertz CT molecular complexity index is 449. The highest BCUT2D eigenvalue weighted by Gasteiger charge is 2.22. The predicted molar refractivity (Wildman–Crippen MR) is 84.9 cm³/mol. The van der Waals surface area contributed by atoms with Crippen molar-refractivity contribution in [1.29, 1.82) is 0 Å². The number of carbonyl (C=O) groups excluding carboxylic acids is 1. The summed E-state index contributed by atoms with van der Waals surface area (Å²) in [5, 5.41) is 28.4. The average molecular weight is 369 g/mol. The van der Waals surface area contributed by atoms with Crippen LogP contribution < -0.4 is 16.8 Å². The second-order valence-electron chi connectivity index (χ2n) is 4.46. The summed E-state index contributed by atoms with van der Waals surface area (Å²) in [6.45, 7) is 0. The number of rotatable bonds is 12. The van der Waals surface area contributed by atoms with Gasteiger partial charge in [0.15, 0.2) is 0 Å². The minimum Gasteiger partial charge on any atom is -0.480 e. The van der Waals surface area contributed by atoms with Crippen molar-refractivity contribution in [2.75, 3.05) is 11.5 Å². The number of nitrogens with one attached hydrogen (secondary N) is 1. The Kier molecular flexibility index (Phi) is 10.4. The monoisotopic (exact) mass is 369 g/mol. The van der Waals surface area contributed by atoms with Gasteiger partial charge in [0.25, 0.3) is 0 Å². The summed E-state index contributed by atoms with van der Waals surface area (Å²) < 4.78 is 0. The number of carbonyl (C=O) groups is 4. The largest absolute Gasteiger partial charge is 0.480 e. The van der Waals surface area contributed by atoms with Crippen LogP contribution in [0.15, 0.2) is 0 Å². The first-order chi connectivity index (χ1) is 10.6. The molecule has 1 amide bonds. The van der Waals surface area contributed by atoms with E-state index in [0.717, 1.165) is 21.6 Å². The molecule has 0 bridgehead atoms. The Morgan fingerprint density at radius 1 is 0.870 bits per heavy atom. The third-order valence-corrected chi connectivity index (χ3v) is 4.96. The molecule has 0 aliphatic rings. The average Bonchev–Trinajstić information content (AvgIpc) is 2.46. The molecule has 0 aromatic heterocycles. The van der Waals surface area contributed by atoms with Gasteiger partial charge in [0.1, 0.15) is 18.1 Å². The van der Waals surface area contributed by atoms with E-state index in [2.05, 4.69) is 5.32 Å². The molecular formula is C11H19N3O7S2. The number of hydrogen-bond acceptors (Lipinski definition) is 8. The van der Waals surface area contributed by atoms with Gasteiger partial charge in [-0.15, -0.1) is 0 Å². The minimum absolute atomic E-state index is 0.00304. The Labute approximate surface area is 139 Å². The zero-order valence-electron chi connectivity index (χ0n) is 12.0. The molecule has 3 atom stereocenters. The topological polar surface area (TPSA) is 193 Å². The molecule has 132 valence electrons. The quantitative estimate of drug-likeness (QED) is 0.174. The molecule has 0 aliphatic heterocycles. The third-order valence-electron chi connectivity index (χ3n) is 2.52. The molecule has 0 heterocycles. The Balaban J connectivity index is 4.16. The van der Waals surface area contributed by atoms with E-state index < -0.39 is 41.9 Å². The smallest absolute Gasteiger partial charge is 0.327 e. The van der Waals surface area contributed by atoms with Crippen LogP contribution in [-0.4, -0.2) is 68.8 Å². The molecule has 0 saturated heterocycles. The Hall–Kier alpha value is -1.50. The number of aliphatic carboxylic acids is 3. The van der Waals surface area contributed by atoms with Gasteiger partial charge in [-0.05, 0) is 6.42 Å². The summed E-state index contributed by atoms with van der Waals surface area (Å²) in [6.07, 6.45) is -0.318. The first kappa shape index (κ1) is 21.5. The molecule has 0 saturated carbocycles. The molecule has 3 unspecified atom stereocenters. The van der Waals surface area contributed by atoms with Crippen molar-refractivity contribution >= 4 is 45.4 Å². The number of amides is 1. The Morgan fingerprint density at radius 3 is 1.87 bits per heavy atom. The van der Waals surface area contributed by atoms with E-state index in [0.29, 0.717) is 0 Å². The van der Waals surface area contributed by atoms with Crippen LogP contribution in [0.25, 0.3) is 0 Å². The van der Waals surface area contributed by atoms with E-state index in [1.54, 1.807) is 0 Å². The maximum Gasteiger partial charge on any atom is 0.327 e. The van der Waals surface area contributed by atoms with Crippen molar-refractivity contribution in [3.63, 3.8) is 0 Å². The van der Waals surface area contributed by atoms with Gasteiger partial charge in [-0.3, -0.25) is 14.4 Å². The molecule has 0 fully saturated rings. The lowest BCUT2D eigenvalue weighted by molar-refractivity contribution is -0.141. The van der Waals surface area contributed by atoms with Crippen molar-refractivity contribution in [2.24, 2.45) is 11.5 Å². The summed E-state index contributed by atoms with van der Waals surface area (Å²) in [4.78, 5) is 43.6. The summed E-state index contributed by atoms with van der Waals surface area (Å²) in [5.74, 6) is -4.18. The predicted octanol–water partition coefficient (Wildman–Crippen LogP) is -1.46. The van der Waals surface area contributed by atoms with E-state index in [1.165, 1.54) is 0 Å². The molecule has 0 rings (SSSR count). The van der Waals surface area contributed by atoms with E-state index >= 15 is 0 Å². The zero-order chi connectivity index (χ0) is 18.0. The van der Waals surface area contributed by atoms with Crippen molar-refractivity contribution in [3.8, 4) is 0 Å². The van der Waals surface area contributed by atoms with E-state index in [4.69, 9.17) is 26.8 Å². The lowest BCUT2D eigenvalue weighted by atomic mass is 10.1. The lowest BCUT2D eigenvalue weighted by Crippen LogP contribution is -2.43. The van der Waals surface area contributed by atoms with Gasteiger partial charge in [0, 0.05) is 17.9 Å². The van der Waals surface area contributed by atoms with Crippen LogP contribution >= 0.6 is 21.6 Å². The molecule has 12 heteroatoms. The fourth-order valence-corrected chi connectivity index (χ4v) is 3.43. The number of hydrogen-bond donors (Lipinski definition) is 6. The summed E-state index contributed by atoms with van der Waals surface area (Å²) in [6, 6.07) is -3.42. The second kappa shape index (κ2) is 11.1. The van der Waals surface area contributed by atoms with Crippen molar-refractivity contribution in [2.45, 2.75) is 31.0 Å². The standard InChI is InChI=1S/C11H19N3O7S2/c12-5(9(16)17)1-2-8(15)14-7(11(20)21)4-23-22-3-6(13)10(18)19/h5-7H,1-4,12-13H2,(H,14,15)(H,16,17)(H,18,19)(H,20,21). The first-order valence-electron chi connectivity index (χ1n) is 6.38. The second-order valence-corrected chi connectivity index (χ2v) is 7.01. The number of nitrogens with two attached hydrogens (primary N) is 2. The molecule has 0 aromatic rings. The summed E-state index contributed by atoms with van der Waals surface area (Å²) in [7, 11) is 2.15. The highest BCUT2D eigenvalue weighted by molar-refractivity contribution is 8.76. The Morgan fingerprint density at radius 2 is 1.39 bits per heavy atom. The number of carboxylic acids is 3. The molecule has 0 spiro atoms. The van der Waals surface area contributed by atoms with Crippen LogP contribution in [-0.2, 0) is 19.2 Å². The molecule has 10 nitrogen and oxygen atoms in total. The van der Waals surface area contributed by atoms with Gasteiger partial charge in [0.05, 0.1) is 0 Å². The zero-order valence-corrected chi connectivity index (χ0v) is 13.6. The van der Waals surface area contributed by atoms with E-state index in [-0.39, 0.29) is 24.3 Å². The first-order valence-corrected chi connectivity index (χ1v) is 8.87. The highest BCUT2D eigenvalue weighted by Crippen LogP contribution is 2.22. The highest BCUT2D eigenvalue weighted by atomic mass is 33.1. The van der Waals surface area contributed by atoms with Gasteiger partial charge in [-0.2, -0.15) is 0 Å². The lowest BCUT2D eigenvalue weighted by Gasteiger charge is -2.14. The van der Waals surface area contributed by atoms with Gasteiger partial charge >= 0.3 is 17.9 Å². The summed E-state index contributed by atoms with van der Waals surface area (Å²) >= 11 is 0. The molecular weight excluding hydrogens is 350 g/mol. The van der Waals surface area contributed by atoms with Crippen LogP contribution in [0.5, 0.6) is 0 Å². The summed E-state index contributed by atoms with van der Waals surface area (Å²) in [5.41, 5.74) is 10.5. The minimum atomic E-state index is -1.25.